The lowest BCUT2D eigenvalue weighted by atomic mass is 9.94. The van der Waals surface area contributed by atoms with E-state index in [2.05, 4.69) is 59.4 Å². The van der Waals surface area contributed by atoms with Crippen molar-refractivity contribution in [3.63, 3.8) is 0 Å². The van der Waals surface area contributed by atoms with E-state index in [1.165, 1.54) is 38.5 Å². The molecule has 2 atom stereocenters. The maximum absolute atomic E-state index is 4.50. The summed E-state index contributed by atoms with van der Waals surface area (Å²) in [6.07, 6.45) is 14.2. The summed E-state index contributed by atoms with van der Waals surface area (Å²) >= 11 is 0. The molecule has 124 valence electrons. The summed E-state index contributed by atoms with van der Waals surface area (Å²) in [4.78, 5) is 0. The smallest absolute Gasteiger partial charge is 0.126 e. The SMILES string of the molecule is CCCCCCNC1C=CC(C(CC)CC)Nc2ccnn21. The van der Waals surface area contributed by atoms with Gasteiger partial charge in [0.05, 0.1) is 6.20 Å². The van der Waals surface area contributed by atoms with Gasteiger partial charge in [0.1, 0.15) is 12.0 Å². The highest BCUT2D eigenvalue weighted by atomic mass is 15.4. The van der Waals surface area contributed by atoms with Crippen molar-refractivity contribution in [2.24, 2.45) is 5.92 Å². The Balaban J connectivity index is 2.00. The van der Waals surface area contributed by atoms with Gasteiger partial charge in [-0.2, -0.15) is 5.10 Å². The van der Waals surface area contributed by atoms with E-state index in [0.717, 1.165) is 12.4 Å². The molecule has 22 heavy (non-hydrogen) atoms. The molecular formula is C18H32N4. The number of nitrogens with one attached hydrogen (secondary N) is 2. The molecule has 1 aliphatic heterocycles. The van der Waals surface area contributed by atoms with E-state index in [-0.39, 0.29) is 6.17 Å². The molecule has 0 amide bonds. The summed E-state index contributed by atoms with van der Waals surface area (Å²) < 4.78 is 2.07. The van der Waals surface area contributed by atoms with Crippen LogP contribution in [0.15, 0.2) is 24.4 Å². The predicted octanol–water partition coefficient (Wildman–Crippen LogP) is 4.34. The standard InChI is InChI=1S/C18H32N4/c1-4-7-8-9-13-19-17-11-10-16(15(5-2)6-3)21-18-12-14-20-22(17)18/h10-12,14-17,19,21H,4-9,13H2,1-3H3. The van der Waals surface area contributed by atoms with E-state index in [0.29, 0.717) is 12.0 Å². The van der Waals surface area contributed by atoms with Gasteiger partial charge in [0.2, 0.25) is 0 Å². The zero-order chi connectivity index (χ0) is 15.8. The average Bonchev–Trinajstić information content (AvgIpc) is 2.92. The maximum Gasteiger partial charge on any atom is 0.126 e. The largest absolute Gasteiger partial charge is 0.364 e. The number of anilines is 1. The van der Waals surface area contributed by atoms with Crippen molar-refractivity contribution in [1.82, 2.24) is 15.1 Å². The predicted molar refractivity (Wildman–Crippen MR) is 94.0 cm³/mol. The zero-order valence-electron chi connectivity index (χ0n) is 14.4. The molecule has 1 aromatic heterocycles. The quantitative estimate of drug-likeness (QED) is 0.527. The summed E-state index contributed by atoms with van der Waals surface area (Å²) in [7, 11) is 0. The van der Waals surface area contributed by atoms with Crippen molar-refractivity contribution in [3.8, 4) is 0 Å². The van der Waals surface area contributed by atoms with E-state index >= 15 is 0 Å². The Morgan fingerprint density at radius 3 is 2.73 bits per heavy atom. The maximum atomic E-state index is 4.50. The fraction of sp³-hybridized carbons (Fsp3) is 0.722. The number of rotatable bonds is 9. The molecule has 0 fully saturated rings. The second-order valence-electron chi connectivity index (χ2n) is 6.25. The van der Waals surface area contributed by atoms with Crippen molar-refractivity contribution < 1.29 is 0 Å². The third-order valence-electron chi connectivity index (χ3n) is 4.69. The van der Waals surface area contributed by atoms with Crippen molar-refractivity contribution in [2.75, 3.05) is 11.9 Å². The molecule has 0 radical (unpaired) electrons. The van der Waals surface area contributed by atoms with E-state index in [1.54, 1.807) is 0 Å². The summed E-state index contributed by atoms with van der Waals surface area (Å²) in [6.45, 7) is 7.84. The molecule has 2 unspecified atom stereocenters. The number of hydrogen-bond donors (Lipinski definition) is 2. The minimum Gasteiger partial charge on any atom is -0.364 e. The van der Waals surface area contributed by atoms with Crippen LogP contribution in [0.1, 0.15) is 65.5 Å². The molecule has 0 spiro atoms. The van der Waals surface area contributed by atoms with Gasteiger partial charge in [-0.25, -0.2) is 4.68 Å². The van der Waals surface area contributed by atoms with Crippen molar-refractivity contribution in [2.45, 2.75) is 71.5 Å². The first-order chi connectivity index (χ1) is 10.8. The van der Waals surface area contributed by atoms with Crippen LogP contribution in [-0.2, 0) is 0 Å². The Bertz CT molecular complexity index is 448. The Morgan fingerprint density at radius 2 is 2.00 bits per heavy atom. The van der Waals surface area contributed by atoms with Crippen LogP contribution in [0.2, 0.25) is 0 Å². The molecule has 2 rings (SSSR count). The lowest BCUT2D eigenvalue weighted by molar-refractivity contribution is 0.438. The van der Waals surface area contributed by atoms with Crippen LogP contribution in [-0.4, -0.2) is 22.4 Å². The lowest BCUT2D eigenvalue weighted by Crippen LogP contribution is -2.28. The molecule has 0 saturated heterocycles. The van der Waals surface area contributed by atoms with Crippen LogP contribution in [0.4, 0.5) is 5.82 Å². The molecular weight excluding hydrogens is 272 g/mol. The molecule has 0 aliphatic carbocycles. The highest BCUT2D eigenvalue weighted by molar-refractivity contribution is 5.39. The van der Waals surface area contributed by atoms with Crippen LogP contribution in [0.25, 0.3) is 0 Å². The van der Waals surface area contributed by atoms with Gasteiger partial charge in [0, 0.05) is 12.1 Å². The van der Waals surface area contributed by atoms with Gasteiger partial charge in [0.15, 0.2) is 0 Å². The molecule has 1 aromatic rings. The van der Waals surface area contributed by atoms with Crippen molar-refractivity contribution in [1.29, 1.82) is 0 Å². The summed E-state index contributed by atoms with van der Waals surface area (Å²) in [5.74, 6) is 1.79. The minimum absolute atomic E-state index is 0.165. The minimum atomic E-state index is 0.165. The monoisotopic (exact) mass is 304 g/mol. The molecule has 0 bridgehead atoms. The van der Waals surface area contributed by atoms with Gasteiger partial charge < -0.3 is 5.32 Å². The van der Waals surface area contributed by atoms with E-state index in [9.17, 15) is 0 Å². The molecule has 2 N–H and O–H groups in total. The number of fused-ring (bicyclic) bond motifs is 1. The van der Waals surface area contributed by atoms with Crippen LogP contribution < -0.4 is 10.6 Å². The first kappa shape index (κ1) is 17.1. The molecule has 0 aromatic carbocycles. The number of unbranched alkanes of at least 4 members (excludes halogenated alkanes) is 3. The van der Waals surface area contributed by atoms with Gasteiger partial charge in [-0.3, -0.25) is 5.32 Å². The first-order valence-electron chi connectivity index (χ1n) is 9.01. The number of nitrogens with zero attached hydrogens (tertiary/aromatic N) is 2. The normalized spacial score (nSPS) is 20.7. The van der Waals surface area contributed by atoms with Crippen LogP contribution in [0.3, 0.4) is 0 Å². The van der Waals surface area contributed by atoms with Crippen LogP contribution in [0.5, 0.6) is 0 Å². The third kappa shape index (κ3) is 4.35. The highest BCUT2D eigenvalue weighted by Gasteiger charge is 2.22. The third-order valence-corrected chi connectivity index (χ3v) is 4.69. The molecule has 0 saturated carbocycles. The highest BCUT2D eigenvalue weighted by Crippen LogP contribution is 2.24. The number of aromatic nitrogens is 2. The first-order valence-corrected chi connectivity index (χ1v) is 9.01. The summed E-state index contributed by atoms with van der Waals surface area (Å²) in [5, 5.41) is 11.8. The van der Waals surface area contributed by atoms with Gasteiger partial charge in [-0.1, -0.05) is 59.0 Å². The Labute approximate surface area is 135 Å². The molecule has 1 aliphatic rings. The van der Waals surface area contributed by atoms with Crippen molar-refractivity contribution in [3.05, 3.63) is 24.4 Å². The molecule has 4 nitrogen and oxygen atoms in total. The van der Waals surface area contributed by atoms with Crippen LogP contribution in [0, 0.1) is 5.92 Å². The molecule has 4 heteroatoms. The van der Waals surface area contributed by atoms with Crippen LogP contribution >= 0.6 is 0 Å². The second kappa shape index (κ2) is 8.99. The van der Waals surface area contributed by atoms with Crippen molar-refractivity contribution >= 4 is 5.82 Å². The zero-order valence-corrected chi connectivity index (χ0v) is 14.4. The van der Waals surface area contributed by atoms with E-state index in [1.807, 2.05) is 6.20 Å². The topological polar surface area (TPSA) is 41.9 Å². The second-order valence-corrected chi connectivity index (χ2v) is 6.25. The molecule has 2 heterocycles. The summed E-state index contributed by atoms with van der Waals surface area (Å²) in [5.41, 5.74) is 0. The van der Waals surface area contributed by atoms with Gasteiger partial charge in [-0.15, -0.1) is 0 Å². The van der Waals surface area contributed by atoms with Gasteiger partial charge >= 0.3 is 0 Å². The number of hydrogen-bond acceptors (Lipinski definition) is 3. The Morgan fingerprint density at radius 1 is 1.18 bits per heavy atom. The lowest BCUT2D eigenvalue weighted by Gasteiger charge is -2.23. The Kier molecular flexibility index (Phi) is 6.97. The fourth-order valence-electron chi connectivity index (χ4n) is 3.20. The van der Waals surface area contributed by atoms with E-state index in [4.69, 9.17) is 0 Å². The summed E-state index contributed by atoms with van der Waals surface area (Å²) in [6, 6.07) is 2.48. The Hall–Kier alpha value is -1.29. The van der Waals surface area contributed by atoms with Gasteiger partial charge in [-0.05, 0) is 25.0 Å². The van der Waals surface area contributed by atoms with Gasteiger partial charge in [0.25, 0.3) is 0 Å². The average molecular weight is 304 g/mol. The fourth-order valence-corrected chi connectivity index (χ4v) is 3.20. The van der Waals surface area contributed by atoms with E-state index < -0.39 is 0 Å².